The van der Waals surface area contributed by atoms with Crippen molar-refractivity contribution in [1.82, 2.24) is 5.43 Å². The van der Waals surface area contributed by atoms with Crippen LogP contribution in [0.5, 0.6) is 0 Å². The lowest BCUT2D eigenvalue weighted by atomic mass is 10.2. The molecule has 6 nitrogen and oxygen atoms in total. The molecule has 0 aromatic heterocycles. The van der Waals surface area contributed by atoms with Gasteiger partial charge >= 0.3 is 0 Å². The van der Waals surface area contributed by atoms with E-state index in [0.717, 1.165) is 5.71 Å². The molecule has 2 rings (SSSR count). The van der Waals surface area contributed by atoms with Crippen molar-refractivity contribution in [2.45, 2.75) is 18.7 Å². The molecule has 0 fully saturated rings. The number of sulfonamides is 1. The molecular weight excluding hydrogens is 326 g/mol. The maximum absolute atomic E-state index is 12.6. The number of rotatable bonds is 5. The Labute approximate surface area is 141 Å². The predicted octanol–water partition coefficient (Wildman–Crippen LogP) is 2.64. The van der Waals surface area contributed by atoms with Crippen molar-refractivity contribution in [3.63, 3.8) is 0 Å². The van der Waals surface area contributed by atoms with Crippen molar-refractivity contribution in [3.8, 4) is 0 Å². The van der Waals surface area contributed by atoms with Crippen molar-refractivity contribution in [2.75, 3.05) is 11.4 Å². The summed E-state index contributed by atoms with van der Waals surface area (Å²) >= 11 is 0. The zero-order valence-electron chi connectivity index (χ0n) is 13.7. The first-order valence-corrected chi connectivity index (χ1v) is 8.71. The summed E-state index contributed by atoms with van der Waals surface area (Å²) in [4.78, 5) is 12.1. The Balaban J connectivity index is 2.21. The minimum absolute atomic E-state index is 0.210. The van der Waals surface area contributed by atoms with Gasteiger partial charge in [0.1, 0.15) is 0 Å². The molecule has 126 valence electrons. The fourth-order valence-electron chi connectivity index (χ4n) is 1.94. The Morgan fingerprint density at radius 3 is 2.12 bits per heavy atom. The summed E-state index contributed by atoms with van der Waals surface area (Å²) in [5, 5.41) is 3.85. The van der Waals surface area contributed by atoms with Gasteiger partial charge in [-0.3, -0.25) is 9.10 Å². The van der Waals surface area contributed by atoms with Crippen LogP contribution in [-0.4, -0.2) is 27.1 Å². The maximum atomic E-state index is 12.6. The fraction of sp³-hybridized carbons (Fsp3) is 0.176. The van der Waals surface area contributed by atoms with Crippen molar-refractivity contribution in [2.24, 2.45) is 5.10 Å². The number of benzene rings is 2. The molecule has 0 heterocycles. The summed E-state index contributed by atoms with van der Waals surface area (Å²) in [6.45, 7) is 3.54. The van der Waals surface area contributed by atoms with E-state index in [0.29, 0.717) is 11.3 Å². The zero-order chi connectivity index (χ0) is 17.7. The van der Waals surface area contributed by atoms with Gasteiger partial charge in [0.15, 0.2) is 0 Å². The SMILES string of the molecule is CC(C)=NNC(=O)c1ccc(N(C)S(=O)(=O)c2ccccc2)cc1. The van der Waals surface area contributed by atoms with E-state index >= 15 is 0 Å². The third-order valence-corrected chi connectivity index (χ3v) is 5.08. The van der Waals surface area contributed by atoms with Gasteiger partial charge in [-0.15, -0.1) is 0 Å². The van der Waals surface area contributed by atoms with E-state index in [4.69, 9.17) is 0 Å². The van der Waals surface area contributed by atoms with E-state index in [1.54, 1.807) is 68.4 Å². The van der Waals surface area contributed by atoms with Crippen LogP contribution in [0.25, 0.3) is 0 Å². The first-order valence-electron chi connectivity index (χ1n) is 7.27. The molecule has 0 spiro atoms. The average Bonchev–Trinajstić information content (AvgIpc) is 2.59. The molecule has 0 saturated heterocycles. The molecule has 0 atom stereocenters. The Bertz CT molecular complexity index is 840. The smallest absolute Gasteiger partial charge is 0.269 e. The Morgan fingerprint density at radius 2 is 1.58 bits per heavy atom. The van der Waals surface area contributed by atoms with Gasteiger partial charge in [-0.25, -0.2) is 13.8 Å². The molecule has 0 aliphatic carbocycles. The third kappa shape index (κ3) is 3.99. The van der Waals surface area contributed by atoms with Crippen molar-refractivity contribution >= 4 is 27.3 Å². The Hall–Kier alpha value is -2.67. The highest BCUT2D eigenvalue weighted by atomic mass is 32.2. The normalized spacial score (nSPS) is 10.8. The molecular formula is C17H19N3O3S. The summed E-state index contributed by atoms with van der Waals surface area (Å²) in [6.07, 6.45) is 0. The molecule has 7 heteroatoms. The Morgan fingerprint density at radius 1 is 1.00 bits per heavy atom. The van der Waals surface area contributed by atoms with E-state index in [1.807, 2.05) is 0 Å². The lowest BCUT2D eigenvalue weighted by Gasteiger charge is -2.19. The van der Waals surface area contributed by atoms with E-state index < -0.39 is 10.0 Å². The van der Waals surface area contributed by atoms with Gasteiger partial charge in [-0.2, -0.15) is 5.10 Å². The molecule has 0 saturated carbocycles. The average molecular weight is 345 g/mol. The van der Waals surface area contributed by atoms with Gasteiger partial charge in [-0.05, 0) is 50.2 Å². The highest BCUT2D eigenvalue weighted by Crippen LogP contribution is 2.22. The molecule has 0 bridgehead atoms. The monoisotopic (exact) mass is 345 g/mol. The standard InChI is InChI=1S/C17H19N3O3S/c1-13(2)18-19-17(21)14-9-11-15(12-10-14)20(3)24(22,23)16-7-5-4-6-8-16/h4-12H,1-3H3,(H,19,21). The van der Waals surface area contributed by atoms with Gasteiger partial charge in [0, 0.05) is 18.3 Å². The molecule has 2 aromatic carbocycles. The lowest BCUT2D eigenvalue weighted by molar-refractivity contribution is 0.0955. The molecule has 1 amide bonds. The first kappa shape index (κ1) is 17.7. The summed E-state index contributed by atoms with van der Waals surface area (Å²) in [5.74, 6) is -0.351. The van der Waals surface area contributed by atoms with Gasteiger partial charge in [-0.1, -0.05) is 18.2 Å². The minimum atomic E-state index is -3.64. The maximum Gasteiger partial charge on any atom is 0.271 e. The summed E-state index contributed by atoms with van der Waals surface area (Å²) in [5.41, 5.74) is 4.01. The number of hydrazone groups is 1. The lowest BCUT2D eigenvalue weighted by Crippen LogP contribution is -2.26. The van der Waals surface area contributed by atoms with Crippen LogP contribution in [0.15, 0.2) is 64.6 Å². The van der Waals surface area contributed by atoms with Crippen LogP contribution in [0.1, 0.15) is 24.2 Å². The van der Waals surface area contributed by atoms with Crippen molar-refractivity contribution in [3.05, 3.63) is 60.2 Å². The van der Waals surface area contributed by atoms with Crippen LogP contribution in [0.2, 0.25) is 0 Å². The second kappa shape index (κ2) is 7.27. The topological polar surface area (TPSA) is 78.8 Å². The van der Waals surface area contributed by atoms with Crippen LogP contribution in [-0.2, 0) is 10.0 Å². The molecule has 1 N–H and O–H groups in total. The number of nitrogens with zero attached hydrogens (tertiary/aromatic N) is 2. The second-order valence-corrected chi connectivity index (χ2v) is 7.30. The quantitative estimate of drug-likeness (QED) is 0.668. The van der Waals surface area contributed by atoms with Gasteiger partial charge in [0.25, 0.3) is 15.9 Å². The number of hydrogen-bond acceptors (Lipinski definition) is 4. The Kier molecular flexibility index (Phi) is 5.35. The highest BCUT2D eigenvalue weighted by Gasteiger charge is 2.21. The molecule has 0 radical (unpaired) electrons. The van der Waals surface area contributed by atoms with Crippen molar-refractivity contribution in [1.29, 1.82) is 0 Å². The first-order chi connectivity index (χ1) is 11.3. The fourth-order valence-corrected chi connectivity index (χ4v) is 3.16. The van der Waals surface area contributed by atoms with Crippen LogP contribution < -0.4 is 9.73 Å². The second-order valence-electron chi connectivity index (χ2n) is 5.33. The highest BCUT2D eigenvalue weighted by molar-refractivity contribution is 7.92. The molecule has 0 aliphatic heterocycles. The molecule has 0 unspecified atom stereocenters. The summed E-state index contributed by atoms with van der Waals surface area (Å²) in [6, 6.07) is 14.5. The predicted molar refractivity (Wildman–Crippen MR) is 94.7 cm³/mol. The zero-order valence-corrected chi connectivity index (χ0v) is 14.5. The van der Waals surface area contributed by atoms with Crippen LogP contribution in [0.3, 0.4) is 0 Å². The van der Waals surface area contributed by atoms with E-state index in [2.05, 4.69) is 10.5 Å². The molecule has 24 heavy (non-hydrogen) atoms. The number of hydrogen-bond donors (Lipinski definition) is 1. The number of carbonyl (C=O) groups excluding carboxylic acids is 1. The third-order valence-electron chi connectivity index (χ3n) is 3.28. The van der Waals surface area contributed by atoms with Crippen LogP contribution in [0.4, 0.5) is 5.69 Å². The van der Waals surface area contributed by atoms with Crippen LogP contribution >= 0.6 is 0 Å². The number of anilines is 1. The largest absolute Gasteiger partial charge is 0.271 e. The van der Waals surface area contributed by atoms with E-state index in [1.165, 1.54) is 11.4 Å². The molecule has 2 aromatic rings. The number of nitrogens with one attached hydrogen (secondary N) is 1. The van der Waals surface area contributed by atoms with Crippen LogP contribution in [0, 0.1) is 0 Å². The number of amides is 1. The van der Waals surface area contributed by atoms with Crippen molar-refractivity contribution < 1.29 is 13.2 Å². The summed E-state index contributed by atoms with van der Waals surface area (Å²) < 4.78 is 26.3. The van der Waals surface area contributed by atoms with E-state index in [9.17, 15) is 13.2 Å². The van der Waals surface area contributed by atoms with Gasteiger partial charge < -0.3 is 0 Å². The molecule has 0 aliphatic rings. The van der Waals surface area contributed by atoms with Gasteiger partial charge in [0.05, 0.1) is 10.6 Å². The number of carbonyl (C=O) groups is 1. The summed E-state index contributed by atoms with van der Waals surface area (Å²) in [7, 11) is -2.16. The van der Waals surface area contributed by atoms with Gasteiger partial charge in [0.2, 0.25) is 0 Å². The van der Waals surface area contributed by atoms with E-state index in [-0.39, 0.29) is 10.8 Å². The minimum Gasteiger partial charge on any atom is -0.269 e.